The van der Waals surface area contributed by atoms with Gasteiger partial charge in [-0.15, -0.1) is 0 Å². The average Bonchev–Trinajstić information content (AvgIpc) is 3.15. The second-order valence-corrected chi connectivity index (χ2v) is 5.88. The van der Waals surface area contributed by atoms with Crippen LogP contribution < -0.4 is 0 Å². The Morgan fingerprint density at radius 1 is 0.679 bits per heavy atom. The zero-order valence-electron chi connectivity index (χ0n) is 14.5. The van der Waals surface area contributed by atoms with Gasteiger partial charge in [0.15, 0.2) is 0 Å². The summed E-state index contributed by atoms with van der Waals surface area (Å²) >= 11 is 7.60. The second kappa shape index (κ2) is 12.1. The lowest BCUT2D eigenvalue weighted by atomic mass is 10.4. The molecule has 0 aliphatic carbocycles. The third kappa shape index (κ3) is 7.64. The molecule has 2 rings (SSSR count). The summed E-state index contributed by atoms with van der Waals surface area (Å²) in [6, 6.07) is 0. The molecule has 4 amide bonds. The third-order valence-corrected chi connectivity index (χ3v) is 3.33. The van der Waals surface area contributed by atoms with E-state index in [1.807, 2.05) is 0 Å². The van der Waals surface area contributed by atoms with Gasteiger partial charge in [0.25, 0.3) is 23.6 Å². The average molecular weight is 438 g/mol. The van der Waals surface area contributed by atoms with E-state index >= 15 is 0 Å². The van der Waals surface area contributed by atoms with Crippen LogP contribution in [0.15, 0.2) is 0 Å². The van der Waals surface area contributed by atoms with Gasteiger partial charge in [-0.3, -0.25) is 28.9 Å². The molecule has 0 radical (unpaired) electrons. The van der Waals surface area contributed by atoms with Crippen molar-refractivity contribution in [3.05, 3.63) is 0 Å². The third-order valence-electron chi connectivity index (χ3n) is 2.97. The highest BCUT2D eigenvalue weighted by Crippen LogP contribution is 2.13. The predicted molar refractivity (Wildman–Crippen MR) is 94.7 cm³/mol. The number of amides is 4. The molecule has 0 atom stereocenters. The Morgan fingerprint density at radius 2 is 0.964 bits per heavy atom. The molecule has 28 heavy (non-hydrogen) atoms. The Hall–Kier alpha value is -2.48. The van der Waals surface area contributed by atoms with Crippen molar-refractivity contribution in [1.82, 2.24) is 10.1 Å². The van der Waals surface area contributed by atoms with Gasteiger partial charge < -0.3 is 9.47 Å². The van der Waals surface area contributed by atoms with E-state index in [-0.39, 0.29) is 38.9 Å². The van der Waals surface area contributed by atoms with Crippen molar-refractivity contribution in [3.63, 3.8) is 0 Å². The van der Waals surface area contributed by atoms with Crippen LogP contribution in [0.4, 0.5) is 9.59 Å². The maximum Gasteiger partial charge on any atom is 0.533 e. The molecule has 2 heterocycles. The number of thiol groups is 2. The largest absolute Gasteiger partial charge is 0.533 e. The maximum atomic E-state index is 11.0. The van der Waals surface area contributed by atoms with Crippen LogP contribution in [0.3, 0.4) is 0 Å². The van der Waals surface area contributed by atoms with Crippen LogP contribution in [0.5, 0.6) is 0 Å². The molecule has 0 aromatic heterocycles. The molecule has 0 unspecified atom stereocenters. The van der Waals surface area contributed by atoms with Gasteiger partial charge in [0.1, 0.15) is 13.2 Å². The van der Waals surface area contributed by atoms with E-state index in [9.17, 15) is 28.8 Å². The van der Waals surface area contributed by atoms with E-state index < -0.39 is 35.9 Å². The van der Waals surface area contributed by atoms with Crippen LogP contribution >= 0.6 is 25.3 Å². The van der Waals surface area contributed by atoms with Gasteiger partial charge in [0.05, 0.1) is 0 Å². The Morgan fingerprint density at radius 3 is 1.21 bits per heavy atom. The fourth-order valence-corrected chi connectivity index (χ4v) is 1.96. The molecule has 156 valence electrons. The number of rotatable bonds is 6. The topological polar surface area (TPSA) is 146 Å². The molecule has 0 aromatic carbocycles. The Balaban J connectivity index is 0.000000280. The van der Waals surface area contributed by atoms with Gasteiger partial charge >= 0.3 is 12.3 Å². The number of carbonyl (C=O) groups excluding carboxylic acids is 6. The summed E-state index contributed by atoms with van der Waals surface area (Å²) in [6.07, 6.45) is -1.86. The minimum absolute atomic E-state index is 0.0676. The number of hydrogen-bond acceptors (Lipinski definition) is 12. The summed E-state index contributed by atoms with van der Waals surface area (Å²) in [5.74, 6) is -1.43. The van der Waals surface area contributed by atoms with E-state index in [0.29, 0.717) is 21.6 Å². The summed E-state index contributed by atoms with van der Waals surface area (Å²) in [5.41, 5.74) is 0. The molecule has 0 aromatic rings. The fourth-order valence-electron chi connectivity index (χ4n) is 1.78. The van der Waals surface area contributed by atoms with Gasteiger partial charge in [-0.05, 0) is 0 Å². The number of hydrogen-bond donors (Lipinski definition) is 2. The van der Waals surface area contributed by atoms with Gasteiger partial charge in [0, 0.05) is 37.2 Å². The summed E-state index contributed by atoms with van der Waals surface area (Å²) in [6.45, 7) is 0.135. The summed E-state index contributed by atoms with van der Waals surface area (Å²) in [7, 11) is 0. The minimum Gasteiger partial charge on any atom is -0.432 e. The molecule has 2 aliphatic heterocycles. The predicted octanol–water partition coefficient (Wildman–Crippen LogP) is 0.267. The molecule has 0 spiro atoms. The standard InChI is InChI=1S/2C7H9NO5S/c2*9-5-1-2-6(10)8(5)13-7(11)12-3-4-14/h2*14H,1-4H2. The number of hydroxylamine groups is 4. The molecule has 2 fully saturated rings. The lowest BCUT2D eigenvalue weighted by Crippen LogP contribution is -2.32. The highest BCUT2D eigenvalue weighted by atomic mass is 32.1. The van der Waals surface area contributed by atoms with Crippen LogP contribution in [0.1, 0.15) is 25.7 Å². The first-order valence-electron chi connectivity index (χ1n) is 7.92. The number of carbonyl (C=O) groups is 6. The highest BCUT2D eigenvalue weighted by Gasteiger charge is 2.34. The Kier molecular flexibility index (Phi) is 10.2. The normalized spacial score (nSPS) is 15.9. The molecule has 14 heteroatoms. The fraction of sp³-hybridized carbons (Fsp3) is 0.571. The molecule has 0 bridgehead atoms. The highest BCUT2D eigenvalue weighted by molar-refractivity contribution is 7.80. The smallest absolute Gasteiger partial charge is 0.432 e. The van der Waals surface area contributed by atoms with Crippen LogP contribution in [-0.4, -0.2) is 70.8 Å². The SMILES string of the molecule is O=C(OCCS)ON1C(=O)CCC1=O.O=C(OCCS)ON1C(=O)CCC1=O. The van der Waals surface area contributed by atoms with E-state index in [1.165, 1.54) is 0 Å². The minimum atomic E-state index is -1.07. The van der Waals surface area contributed by atoms with Gasteiger partial charge in [-0.25, -0.2) is 9.59 Å². The molecular weight excluding hydrogens is 420 g/mol. The second-order valence-electron chi connectivity index (χ2n) is 4.99. The molecule has 12 nitrogen and oxygen atoms in total. The first-order chi connectivity index (χ1) is 13.3. The molecular formula is C14H18N2O10S2. The zero-order valence-corrected chi connectivity index (χ0v) is 16.3. The van der Waals surface area contributed by atoms with Crippen molar-refractivity contribution >= 4 is 61.2 Å². The van der Waals surface area contributed by atoms with Crippen molar-refractivity contribution in [1.29, 1.82) is 0 Å². The quantitative estimate of drug-likeness (QED) is 0.336. The molecule has 2 saturated heterocycles. The van der Waals surface area contributed by atoms with Crippen LogP contribution in [0, 0.1) is 0 Å². The van der Waals surface area contributed by atoms with E-state index in [1.54, 1.807) is 0 Å². The lowest BCUT2D eigenvalue weighted by Gasteiger charge is -2.11. The Labute approximate surface area is 170 Å². The van der Waals surface area contributed by atoms with E-state index in [0.717, 1.165) is 0 Å². The van der Waals surface area contributed by atoms with Gasteiger partial charge in [0.2, 0.25) is 0 Å². The summed E-state index contributed by atoms with van der Waals surface area (Å²) < 4.78 is 8.93. The van der Waals surface area contributed by atoms with Crippen molar-refractivity contribution in [2.75, 3.05) is 24.7 Å². The van der Waals surface area contributed by atoms with Crippen molar-refractivity contribution in [2.24, 2.45) is 0 Å². The first kappa shape index (κ1) is 23.6. The van der Waals surface area contributed by atoms with E-state index in [2.05, 4.69) is 44.4 Å². The van der Waals surface area contributed by atoms with Crippen molar-refractivity contribution < 1.29 is 47.9 Å². The van der Waals surface area contributed by atoms with E-state index in [4.69, 9.17) is 0 Å². The number of nitrogens with zero attached hydrogens (tertiary/aromatic N) is 2. The van der Waals surface area contributed by atoms with Crippen LogP contribution in [-0.2, 0) is 38.3 Å². The first-order valence-corrected chi connectivity index (χ1v) is 9.19. The Bertz CT molecular complexity index is 556. The van der Waals surface area contributed by atoms with Gasteiger partial charge in [-0.2, -0.15) is 25.3 Å². The number of ether oxygens (including phenoxy) is 2. The van der Waals surface area contributed by atoms with Crippen molar-refractivity contribution in [3.8, 4) is 0 Å². The monoisotopic (exact) mass is 438 g/mol. The number of imide groups is 2. The van der Waals surface area contributed by atoms with Gasteiger partial charge in [-0.1, -0.05) is 10.1 Å². The van der Waals surface area contributed by atoms with Crippen LogP contribution in [0.2, 0.25) is 0 Å². The zero-order chi connectivity index (χ0) is 21.1. The summed E-state index contributed by atoms with van der Waals surface area (Å²) in [4.78, 5) is 74.2. The lowest BCUT2D eigenvalue weighted by molar-refractivity contribution is -0.177. The molecule has 0 N–H and O–H groups in total. The van der Waals surface area contributed by atoms with Crippen LogP contribution in [0.25, 0.3) is 0 Å². The molecule has 0 saturated carbocycles. The maximum absolute atomic E-state index is 11.0. The van der Waals surface area contributed by atoms with Crippen molar-refractivity contribution in [2.45, 2.75) is 25.7 Å². The molecule has 2 aliphatic rings. The summed E-state index contributed by atoms with van der Waals surface area (Å²) in [5, 5.41) is 0.863.